The highest BCUT2D eigenvalue weighted by atomic mass is 19.4. The van der Waals surface area contributed by atoms with E-state index in [0.717, 1.165) is 42.7 Å². The van der Waals surface area contributed by atoms with Crippen LogP contribution in [0.3, 0.4) is 0 Å². The van der Waals surface area contributed by atoms with Crippen molar-refractivity contribution in [2.45, 2.75) is 38.0 Å². The number of carbonyl (C=O) groups excluding carboxylic acids is 1. The molecule has 1 aliphatic rings. The quantitative estimate of drug-likeness (QED) is 0.431. The molecule has 0 bridgehead atoms. The summed E-state index contributed by atoms with van der Waals surface area (Å²) >= 11 is 0. The number of carbonyl (C=O) groups is 1. The number of rotatable bonds is 5. The summed E-state index contributed by atoms with van der Waals surface area (Å²) in [5.41, 5.74) is 2.76. The summed E-state index contributed by atoms with van der Waals surface area (Å²) in [6.07, 6.45) is 2.79. The number of likely N-dealkylation sites (tertiary alicyclic amines) is 1. The number of nitrogens with one attached hydrogen (secondary N) is 1. The van der Waals surface area contributed by atoms with Crippen molar-refractivity contribution in [2.75, 3.05) is 6.54 Å². The van der Waals surface area contributed by atoms with Gasteiger partial charge in [0.25, 0.3) is 5.91 Å². The first-order valence-corrected chi connectivity index (χ1v) is 11.3. The van der Waals surface area contributed by atoms with Crippen LogP contribution in [0.15, 0.2) is 67.4 Å². The Morgan fingerprint density at radius 3 is 2.63 bits per heavy atom. The van der Waals surface area contributed by atoms with E-state index >= 15 is 0 Å². The minimum atomic E-state index is -4.40. The molecule has 1 aliphatic heterocycles. The Bertz CT molecular complexity index is 1300. The van der Waals surface area contributed by atoms with Gasteiger partial charge in [-0.2, -0.15) is 23.4 Å². The van der Waals surface area contributed by atoms with Crippen molar-refractivity contribution in [1.29, 1.82) is 0 Å². The minimum Gasteiger partial charge on any atom is -0.330 e. The smallest absolute Gasteiger partial charge is 0.330 e. The lowest BCUT2D eigenvalue weighted by Crippen LogP contribution is -2.39. The van der Waals surface area contributed by atoms with E-state index in [4.69, 9.17) is 0 Å². The second-order valence-electron chi connectivity index (χ2n) is 8.53. The Morgan fingerprint density at radius 2 is 1.89 bits per heavy atom. The maximum Gasteiger partial charge on any atom is 0.416 e. The van der Waals surface area contributed by atoms with E-state index in [1.807, 2.05) is 29.2 Å². The van der Waals surface area contributed by atoms with Crippen molar-refractivity contribution in [3.8, 4) is 11.1 Å². The Hall–Kier alpha value is -3.95. The topological polar surface area (TPSA) is 79.7 Å². The number of alkyl halides is 3. The number of nitrogens with zero attached hydrogens (tertiary/aromatic N) is 5. The third-order valence-corrected chi connectivity index (χ3v) is 6.34. The predicted molar refractivity (Wildman–Crippen MR) is 122 cm³/mol. The Balaban J connectivity index is 1.45. The van der Waals surface area contributed by atoms with Gasteiger partial charge < -0.3 is 4.90 Å². The summed E-state index contributed by atoms with van der Waals surface area (Å²) in [5.74, 6) is -0.0987. The predicted octanol–water partition coefficient (Wildman–Crippen LogP) is 5.10. The molecular weight excluding hydrogens is 457 g/mol. The average molecular weight is 480 g/mol. The highest BCUT2D eigenvalue weighted by molar-refractivity contribution is 5.96. The van der Waals surface area contributed by atoms with Crippen LogP contribution in [-0.4, -0.2) is 42.3 Å². The monoisotopic (exact) mass is 480 g/mol. The molecule has 1 amide bonds. The first kappa shape index (κ1) is 22.8. The van der Waals surface area contributed by atoms with Crippen LogP contribution < -0.4 is 0 Å². The number of H-pyrrole nitrogens is 1. The lowest BCUT2D eigenvalue weighted by molar-refractivity contribution is -0.137. The number of hydrogen-bond donors (Lipinski definition) is 1. The van der Waals surface area contributed by atoms with E-state index in [-0.39, 0.29) is 11.9 Å². The summed E-state index contributed by atoms with van der Waals surface area (Å²) in [6.45, 7) is 0.994. The van der Waals surface area contributed by atoms with E-state index in [1.54, 1.807) is 17.2 Å². The summed E-state index contributed by atoms with van der Waals surface area (Å²) in [4.78, 5) is 19.6. The molecule has 1 saturated heterocycles. The molecule has 0 spiro atoms. The number of aromatic nitrogens is 5. The zero-order valence-corrected chi connectivity index (χ0v) is 18.7. The van der Waals surface area contributed by atoms with E-state index in [1.165, 1.54) is 18.5 Å². The Kier molecular flexibility index (Phi) is 6.10. The van der Waals surface area contributed by atoms with Gasteiger partial charge in [0.2, 0.25) is 0 Å². The van der Waals surface area contributed by atoms with Gasteiger partial charge in [-0.1, -0.05) is 30.3 Å². The molecule has 180 valence electrons. The van der Waals surface area contributed by atoms with Crippen LogP contribution in [0.1, 0.15) is 52.5 Å². The summed E-state index contributed by atoms with van der Waals surface area (Å²) in [5, 5.41) is 11.3. The van der Waals surface area contributed by atoms with E-state index in [0.29, 0.717) is 29.8 Å². The zero-order chi connectivity index (χ0) is 24.4. The van der Waals surface area contributed by atoms with Gasteiger partial charge in [0.15, 0.2) is 0 Å². The molecule has 5 rings (SSSR count). The third kappa shape index (κ3) is 4.68. The normalized spacial score (nSPS) is 16.4. The average Bonchev–Trinajstić information content (AvgIpc) is 3.56. The van der Waals surface area contributed by atoms with Crippen molar-refractivity contribution in [3.05, 3.63) is 89.8 Å². The molecule has 3 heterocycles. The number of benzene rings is 2. The largest absolute Gasteiger partial charge is 0.416 e. The molecule has 10 heteroatoms. The molecule has 0 aliphatic carbocycles. The third-order valence-electron chi connectivity index (χ3n) is 6.34. The van der Waals surface area contributed by atoms with Crippen molar-refractivity contribution < 1.29 is 18.0 Å². The fraction of sp³-hybridized carbons (Fsp3) is 0.280. The highest BCUT2D eigenvalue weighted by Crippen LogP contribution is 2.38. The van der Waals surface area contributed by atoms with Crippen LogP contribution >= 0.6 is 0 Å². The molecule has 0 saturated carbocycles. The number of piperidine rings is 1. The van der Waals surface area contributed by atoms with Crippen LogP contribution in [0.2, 0.25) is 0 Å². The van der Waals surface area contributed by atoms with Crippen LogP contribution in [0.5, 0.6) is 0 Å². The lowest BCUT2D eigenvalue weighted by atomic mass is 9.93. The molecule has 2 aromatic heterocycles. The van der Waals surface area contributed by atoms with Crippen LogP contribution in [0, 0.1) is 0 Å². The fourth-order valence-corrected chi connectivity index (χ4v) is 4.60. The molecule has 0 radical (unpaired) electrons. The van der Waals surface area contributed by atoms with Gasteiger partial charge in [-0.3, -0.25) is 9.89 Å². The van der Waals surface area contributed by atoms with Gasteiger partial charge in [-0.05, 0) is 48.6 Å². The maximum absolute atomic E-state index is 13.8. The van der Waals surface area contributed by atoms with Gasteiger partial charge in [0.1, 0.15) is 12.7 Å². The molecule has 4 aromatic rings. The Labute approximate surface area is 199 Å². The minimum absolute atomic E-state index is 0.0987. The standard InChI is InChI=1S/C25H23F3N6O/c26-25(27,28)19-10-8-17(9-11-19)21-13-30-32-23(21)22-7-3-4-12-34(22)24(35)20-6-2-1-5-18(20)14-33-16-29-15-31-33/h1-2,5-6,8-11,13,15-16,22H,3-4,7,12,14H2,(H,30,32)/t22-/m0/s1. The van der Waals surface area contributed by atoms with E-state index in [2.05, 4.69) is 20.3 Å². The van der Waals surface area contributed by atoms with E-state index in [9.17, 15) is 18.0 Å². The number of aromatic amines is 1. The Morgan fingerprint density at radius 1 is 1.09 bits per heavy atom. The summed E-state index contributed by atoms with van der Waals surface area (Å²) in [6, 6.07) is 12.2. The molecule has 1 N–H and O–H groups in total. The molecular formula is C25H23F3N6O. The molecule has 35 heavy (non-hydrogen) atoms. The molecule has 1 atom stereocenters. The van der Waals surface area contributed by atoms with Crippen molar-refractivity contribution in [1.82, 2.24) is 29.9 Å². The van der Waals surface area contributed by atoms with Crippen LogP contribution in [0.4, 0.5) is 13.2 Å². The number of amides is 1. The summed E-state index contributed by atoms with van der Waals surface area (Å²) in [7, 11) is 0. The SMILES string of the molecule is O=C(c1ccccc1Cn1cncn1)N1CCCC[C@H]1c1[nH]ncc1-c1ccc(C(F)(F)F)cc1. The van der Waals surface area contributed by atoms with Crippen molar-refractivity contribution in [2.24, 2.45) is 0 Å². The first-order valence-electron chi connectivity index (χ1n) is 11.3. The maximum atomic E-state index is 13.8. The van der Waals surface area contributed by atoms with Crippen molar-refractivity contribution >= 4 is 5.91 Å². The number of halogens is 3. The van der Waals surface area contributed by atoms with Gasteiger partial charge in [-0.25, -0.2) is 9.67 Å². The molecule has 7 nitrogen and oxygen atoms in total. The first-order chi connectivity index (χ1) is 16.9. The van der Waals surface area contributed by atoms with Gasteiger partial charge >= 0.3 is 6.18 Å². The zero-order valence-electron chi connectivity index (χ0n) is 18.7. The van der Waals surface area contributed by atoms with Gasteiger partial charge in [0, 0.05) is 17.7 Å². The second-order valence-corrected chi connectivity index (χ2v) is 8.53. The fourth-order valence-electron chi connectivity index (χ4n) is 4.60. The molecule has 0 unspecified atom stereocenters. The second kappa shape index (κ2) is 9.36. The lowest BCUT2D eigenvalue weighted by Gasteiger charge is -2.36. The van der Waals surface area contributed by atoms with Gasteiger partial charge in [-0.15, -0.1) is 0 Å². The summed E-state index contributed by atoms with van der Waals surface area (Å²) < 4.78 is 40.7. The van der Waals surface area contributed by atoms with Crippen LogP contribution in [-0.2, 0) is 12.7 Å². The highest BCUT2D eigenvalue weighted by Gasteiger charge is 2.33. The van der Waals surface area contributed by atoms with Crippen LogP contribution in [0.25, 0.3) is 11.1 Å². The van der Waals surface area contributed by atoms with Crippen molar-refractivity contribution in [3.63, 3.8) is 0 Å². The number of hydrogen-bond acceptors (Lipinski definition) is 4. The molecule has 1 fully saturated rings. The van der Waals surface area contributed by atoms with Gasteiger partial charge in [0.05, 0.1) is 30.0 Å². The van der Waals surface area contributed by atoms with E-state index < -0.39 is 11.7 Å². The molecule has 2 aromatic carbocycles.